The Morgan fingerprint density at radius 1 is 1.08 bits per heavy atom. The van der Waals surface area contributed by atoms with Gasteiger partial charge in [-0.25, -0.2) is 0 Å². The minimum Gasteiger partial charge on any atom is -0.187 e. The van der Waals surface area contributed by atoms with E-state index in [-0.39, 0.29) is 0 Å². The van der Waals surface area contributed by atoms with Crippen molar-refractivity contribution in [1.82, 2.24) is 0 Å². The molecule has 12 heavy (non-hydrogen) atoms. The monoisotopic (exact) mass is 172 g/mol. The van der Waals surface area contributed by atoms with Crippen molar-refractivity contribution in [2.24, 2.45) is 20.7 Å². The molecule has 1 aliphatic heterocycles. The van der Waals surface area contributed by atoms with Crippen molar-refractivity contribution in [2.45, 2.75) is 44.9 Å². The third kappa shape index (κ3) is 2.64. The highest BCUT2D eigenvalue weighted by Gasteiger charge is 2.31. The van der Waals surface area contributed by atoms with Crippen LogP contribution in [0.5, 0.6) is 0 Å². The fourth-order valence-electron chi connectivity index (χ4n) is 1.07. The van der Waals surface area contributed by atoms with E-state index in [1.54, 1.807) is 0 Å². The number of halogens is 1. The van der Waals surface area contributed by atoms with Gasteiger partial charge >= 0.3 is 5.92 Å². The zero-order chi connectivity index (χ0) is 8.86. The summed E-state index contributed by atoms with van der Waals surface area (Å²) in [6.07, 6.45) is 4.39. The molecule has 0 aromatic rings. The molecule has 0 fully saturated rings. The van der Waals surface area contributed by atoms with Gasteiger partial charge in [0.05, 0.1) is 0 Å². The highest BCUT2D eigenvalue weighted by Crippen LogP contribution is 2.27. The average Bonchev–Trinajstić information content (AvgIpc) is 2.47. The Morgan fingerprint density at radius 2 is 1.75 bits per heavy atom. The number of hydrogen-bond donors (Lipinski definition) is 0. The Labute approximate surface area is 71.0 Å². The van der Waals surface area contributed by atoms with Crippen LogP contribution in [-0.2, 0) is 0 Å². The normalized spacial score (nSPS) is 18.8. The van der Waals surface area contributed by atoms with Crippen LogP contribution in [0.3, 0.4) is 0 Å². The Hall–Kier alpha value is -0.870. The van der Waals surface area contributed by atoms with Crippen LogP contribution in [0.25, 0.3) is 0 Å². The lowest BCUT2D eigenvalue weighted by Gasteiger charge is -2.07. The first-order valence-electron chi connectivity index (χ1n) is 4.30. The fraction of sp³-hybridized carbons (Fsp3) is 1.00. The summed E-state index contributed by atoms with van der Waals surface area (Å²) < 4.78 is 13.2. The SMILES string of the molecule is CCCCCCC1(F)N=NN=N1. The van der Waals surface area contributed by atoms with Gasteiger partial charge in [-0.05, 0) is 16.9 Å². The number of alkyl halides is 1. The summed E-state index contributed by atoms with van der Waals surface area (Å²) in [4.78, 5) is 0. The van der Waals surface area contributed by atoms with E-state index in [4.69, 9.17) is 0 Å². The molecule has 0 aromatic carbocycles. The molecule has 0 saturated heterocycles. The van der Waals surface area contributed by atoms with E-state index in [1.807, 2.05) is 0 Å². The molecule has 0 spiro atoms. The second-order valence-corrected chi connectivity index (χ2v) is 2.91. The maximum absolute atomic E-state index is 13.2. The molecule has 0 radical (unpaired) electrons. The Bertz CT molecular complexity index is 178. The second-order valence-electron chi connectivity index (χ2n) is 2.91. The molecular weight excluding hydrogens is 159 g/mol. The number of nitrogens with zero attached hydrogens (tertiary/aromatic N) is 4. The molecule has 0 aromatic heterocycles. The third-order valence-electron chi connectivity index (χ3n) is 1.78. The summed E-state index contributed by atoms with van der Waals surface area (Å²) in [5, 5.41) is 12.9. The predicted octanol–water partition coefficient (Wildman–Crippen LogP) is 3.41. The lowest BCUT2D eigenvalue weighted by molar-refractivity contribution is 0.165. The standard InChI is InChI=1S/C7H13FN4/c1-2-3-4-5-6-7(8)9-11-12-10-7/h2-6H2,1H3. The topological polar surface area (TPSA) is 49.4 Å². The number of rotatable bonds is 5. The van der Waals surface area contributed by atoms with E-state index < -0.39 is 5.92 Å². The van der Waals surface area contributed by atoms with Crippen molar-refractivity contribution in [3.05, 3.63) is 0 Å². The van der Waals surface area contributed by atoms with Crippen LogP contribution in [0.2, 0.25) is 0 Å². The predicted molar refractivity (Wildman–Crippen MR) is 42.3 cm³/mol. The van der Waals surface area contributed by atoms with E-state index in [2.05, 4.69) is 27.6 Å². The Kier molecular flexibility index (Phi) is 3.25. The molecule has 0 saturated carbocycles. The molecule has 0 unspecified atom stereocenters. The molecule has 1 heterocycles. The van der Waals surface area contributed by atoms with E-state index >= 15 is 0 Å². The van der Waals surface area contributed by atoms with Gasteiger partial charge in [0.1, 0.15) is 0 Å². The van der Waals surface area contributed by atoms with Gasteiger partial charge < -0.3 is 0 Å². The van der Waals surface area contributed by atoms with E-state index in [0.29, 0.717) is 6.42 Å². The van der Waals surface area contributed by atoms with Gasteiger partial charge in [-0.2, -0.15) is 4.39 Å². The van der Waals surface area contributed by atoms with E-state index in [0.717, 1.165) is 25.7 Å². The van der Waals surface area contributed by atoms with Gasteiger partial charge in [-0.15, -0.1) is 10.2 Å². The lowest BCUT2D eigenvalue weighted by Crippen LogP contribution is -2.12. The molecule has 0 bridgehead atoms. The van der Waals surface area contributed by atoms with Crippen LogP contribution in [0.15, 0.2) is 20.7 Å². The van der Waals surface area contributed by atoms with E-state index in [9.17, 15) is 4.39 Å². The first kappa shape index (κ1) is 9.22. The summed E-state index contributed by atoms with van der Waals surface area (Å²) in [7, 11) is 0. The van der Waals surface area contributed by atoms with Crippen LogP contribution in [-0.4, -0.2) is 5.92 Å². The van der Waals surface area contributed by atoms with E-state index in [1.165, 1.54) is 0 Å². The first-order chi connectivity index (χ1) is 5.77. The second kappa shape index (κ2) is 4.23. The summed E-state index contributed by atoms with van der Waals surface area (Å²) >= 11 is 0. The maximum Gasteiger partial charge on any atom is 0.332 e. The summed E-state index contributed by atoms with van der Waals surface area (Å²) in [6.45, 7) is 2.11. The Balaban J connectivity index is 2.14. The highest BCUT2D eigenvalue weighted by molar-refractivity contribution is 4.71. The van der Waals surface area contributed by atoms with Crippen LogP contribution in [0.4, 0.5) is 4.39 Å². The van der Waals surface area contributed by atoms with Crippen molar-refractivity contribution >= 4 is 0 Å². The zero-order valence-electron chi connectivity index (χ0n) is 7.20. The molecule has 1 aliphatic rings. The summed E-state index contributed by atoms with van der Waals surface area (Å²) in [5.74, 6) is -1.84. The first-order valence-corrected chi connectivity index (χ1v) is 4.30. The molecule has 4 nitrogen and oxygen atoms in total. The largest absolute Gasteiger partial charge is 0.332 e. The van der Waals surface area contributed by atoms with Crippen molar-refractivity contribution in [3.63, 3.8) is 0 Å². The smallest absolute Gasteiger partial charge is 0.187 e. The summed E-state index contributed by atoms with van der Waals surface area (Å²) in [6, 6.07) is 0. The molecule has 5 heteroatoms. The minimum atomic E-state index is -1.84. The molecule has 0 atom stereocenters. The van der Waals surface area contributed by atoms with Crippen LogP contribution >= 0.6 is 0 Å². The fourth-order valence-corrected chi connectivity index (χ4v) is 1.07. The number of unbranched alkanes of at least 4 members (excludes halogenated alkanes) is 3. The van der Waals surface area contributed by atoms with Crippen molar-refractivity contribution in [3.8, 4) is 0 Å². The third-order valence-corrected chi connectivity index (χ3v) is 1.78. The van der Waals surface area contributed by atoms with Crippen molar-refractivity contribution < 1.29 is 4.39 Å². The maximum atomic E-state index is 13.2. The molecule has 68 valence electrons. The highest BCUT2D eigenvalue weighted by atomic mass is 19.1. The Morgan fingerprint density at radius 3 is 2.33 bits per heavy atom. The van der Waals surface area contributed by atoms with Gasteiger partial charge in [0.15, 0.2) is 0 Å². The van der Waals surface area contributed by atoms with Crippen LogP contribution < -0.4 is 0 Å². The van der Waals surface area contributed by atoms with Gasteiger partial charge in [0.2, 0.25) is 0 Å². The lowest BCUT2D eigenvalue weighted by atomic mass is 10.1. The molecule has 0 N–H and O–H groups in total. The van der Waals surface area contributed by atoms with Crippen LogP contribution in [0.1, 0.15) is 39.0 Å². The molecule has 0 aliphatic carbocycles. The van der Waals surface area contributed by atoms with Gasteiger partial charge in [-0.1, -0.05) is 26.2 Å². The van der Waals surface area contributed by atoms with Gasteiger partial charge in [-0.3, -0.25) is 0 Å². The average molecular weight is 172 g/mol. The molecule has 1 rings (SSSR count). The van der Waals surface area contributed by atoms with Crippen molar-refractivity contribution in [1.29, 1.82) is 0 Å². The van der Waals surface area contributed by atoms with Crippen LogP contribution in [0, 0.1) is 0 Å². The molecular formula is C7H13FN4. The molecule has 0 amide bonds. The minimum absolute atomic E-state index is 0.306. The zero-order valence-corrected chi connectivity index (χ0v) is 7.20. The van der Waals surface area contributed by atoms with Gasteiger partial charge in [0, 0.05) is 6.42 Å². The van der Waals surface area contributed by atoms with Crippen molar-refractivity contribution in [2.75, 3.05) is 0 Å². The summed E-state index contributed by atoms with van der Waals surface area (Å²) in [5.41, 5.74) is 0. The quantitative estimate of drug-likeness (QED) is 0.450. The van der Waals surface area contributed by atoms with Gasteiger partial charge in [0.25, 0.3) is 0 Å². The number of hydrogen-bond acceptors (Lipinski definition) is 4.